The number of hydrogen-bond donors (Lipinski definition) is 3. The Balaban J connectivity index is 0.00000364. The van der Waals surface area contributed by atoms with Gasteiger partial charge in [0.25, 0.3) is 5.91 Å². The highest BCUT2D eigenvalue weighted by Crippen LogP contribution is 2.21. The Bertz CT molecular complexity index is 742. The van der Waals surface area contributed by atoms with Crippen molar-refractivity contribution in [1.82, 2.24) is 5.32 Å². The monoisotopic (exact) mass is 427 g/mol. The van der Waals surface area contributed by atoms with E-state index in [0.717, 1.165) is 17.1 Å². The van der Waals surface area contributed by atoms with Crippen LogP contribution in [0.4, 0.5) is 5.69 Å². The van der Waals surface area contributed by atoms with E-state index in [1.807, 2.05) is 24.3 Å². The molecule has 0 saturated heterocycles. The number of rotatable bonds is 9. The first kappa shape index (κ1) is 23.3. The van der Waals surface area contributed by atoms with Gasteiger partial charge in [-0.3, -0.25) is 9.59 Å². The normalized spacial score (nSPS) is 10.0. The first-order chi connectivity index (χ1) is 12.6. The Morgan fingerprint density at radius 1 is 1.07 bits per heavy atom. The van der Waals surface area contributed by atoms with Crippen molar-refractivity contribution < 1.29 is 9.59 Å². The van der Waals surface area contributed by atoms with E-state index in [0.29, 0.717) is 35.8 Å². The maximum atomic E-state index is 12.2. The molecule has 0 aromatic heterocycles. The zero-order valence-corrected chi connectivity index (χ0v) is 17.1. The second-order valence-electron chi connectivity index (χ2n) is 5.54. The molecule has 2 amide bonds. The van der Waals surface area contributed by atoms with E-state index in [1.165, 1.54) is 0 Å². The molecule has 2 aromatic rings. The molecule has 0 fully saturated rings. The molecule has 0 unspecified atom stereocenters. The highest BCUT2D eigenvalue weighted by Gasteiger charge is 2.12. The number of nitrogens with two attached hydrogens (primary N) is 1. The second kappa shape index (κ2) is 12.6. The highest BCUT2D eigenvalue weighted by atomic mass is 35.5. The smallest absolute Gasteiger partial charge is 0.253 e. The lowest BCUT2D eigenvalue weighted by Crippen LogP contribution is -2.29. The Kier molecular flexibility index (Phi) is 10.9. The van der Waals surface area contributed by atoms with Crippen molar-refractivity contribution in [2.24, 2.45) is 5.73 Å². The van der Waals surface area contributed by atoms with Crippen LogP contribution in [0.2, 0.25) is 5.02 Å². The third-order valence-corrected chi connectivity index (χ3v) is 4.86. The standard InChI is InChI=1S/C19H22ClN3O2S.ClH/c20-14-7-9-15(10-8-14)26-13-3-6-18(24)23-17-5-2-1-4-16(17)19(25)22-12-11-21;/h1-2,4-5,7-10H,3,6,11-13,21H2,(H,22,25)(H,23,24);1H. The van der Waals surface area contributed by atoms with E-state index in [2.05, 4.69) is 10.6 Å². The minimum absolute atomic E-state index is 0. The van der Waals surface area contributed by atoms with Gasteiger partial charge in [0, 0.05) is 29.4 Å². The van der Waals surface area contributed by atoms with E-state index in [9.17, 15) is 9.59 Å². The number of hydrogen-bond acceptors (Lipinski definition) is 4. The van der Waals surface area contributed by atoms with E-state index in [4.69, 9.17) is 17.3 Å². The minimum atomic E-state index is -0.246. The number of halogens is 2. The Morgan fingerprint density at radius 3 is 2.48 bits per heavy atom. The average Bonchev–Trinajstić information content (AvgIpc) is 2.65. The van der Waals surface area contributed by atoms with Crippen LogP contribution < -0.4 is 16.4 Å². The summed E-state index contributed by atoms with van der Waals surface area (Å²) in [5.41, 5.74) is 6.34. The lowest BCUT2D eigenvalue weighted by molar-refractivity contribution is -0.116. The van der Waals surface area contributed by atoms with Crippen molar-refractivity contribution in [1.29, 1.82) is 0 Å². The van der Waals surface area contributed by atoms with Gasteiger partial charge in [-0.05, 0) is 48.6 Å². The Hall–Kier alpha value is -1.73. The zero-order valence-electron chi connectivity index (χ0n) is 14.7. The average molecular weight is 428 g/mol. The summed E-state index contributed by atoms with van der Waals surface area (Å²) in [6, 6.07) is 14.6. The summed E-state index contributed by atoms with van der Waals surface area (Å²) in [4.78, 5) is 25.4. The van der Waals surface area contributed by atoms with Crippen molar-refractivity contribution in [3.8, 4) is 0 Å². The molecule has 27 heavy (non-hydrogen) atoms. The molecule has 0 bridgehead atoms. The van der Waals surface area contributed by atoms with E-state index >= 15 is 0 Å². The van der Waals surface area contributed by atoms with E-state index in [1.54, 1.807) is 36.0 Å². The molecule has 0 aliphatic heterocycles. The van der Waals surface area contributed by atoms with Crippen LogP contribution in [-0.2, 0) is 4.79 Å². The van der Waals surface area contributed by atoms with Crippen LogP contribution in [0.15, 0.2) is 53.4 Å². The number of amides is 2. The fraction of sp³-hybridized carbons (Fsp3) is 0.263. The van der Waals surface area contributed by atoms with Crippen LogP contribution in [-0.4, -0.2) is 30.7 Å². The summed E-state index contributed by atoms with van der Waals surface area (Å²) in [5.74, 6) is 0.471. The molecule has 0 atom stereocenters. The summed E-state index contributed by atoms with van der Waals surface area (Å²) < 4.78 is 0. The first-order valence-electron chi connectivity index (χ1n) is 8.35. The molecule has 146 valence electrons. The third-order valence-electron chi connectivity index (χ3n) is 3.51. The van der Waals surface area contributed by atoms with Crippen molar-refractivity contribution in [2.45, 2.75) is 17.7 Å². The van der Waals surface area contributed by atoms with Gasteiger partial charge in [-0.1, -0.05) is 23.7 Å². The third kappa shape index (κ3) is 8.22. The molecule has 4 N–H and O–H groups in total. The quantitative estimate of drug-likeness (QED) is 0.417. The predicted molar refractivity (Wildman–Crippen MR) is 115 cm³/mol. The van der Waals surface area contributed by atoms with Gasteiger partial charge in [0.1, 0.15) is 0 Å². The molecular weight excluding hydrogens is 405 g/mol. The maximum Gasteiger partial charge on any atom is 0.253 e. The predicted octanol–water partition coefficient (Wildman–Crippen LogP) is 3.96. The van der Waals surface area contributed by atoms with Crippen LogP contribution in [0.3, 0.4) is 0 Å². The lowest BCUT2D eigenvalue weighted by atomic mass is 10.1. The molecule has 5 nitrogen and oxygen atoms in total. The molecule has 0 spiro atoms. The molecule has 0 aliphatic carbocycles. The first-order valence-corrected chi connectivity index (χ1v) is 9.72. The van der Waals surface area contributed by atoms with Gasteiger partial charge in [0.05, 0.1) is 11.3 Å². The van der Waals surface area contributed by atoms with Crippen LogP contribution in [0.25, 0.3) is 0 Å². The van der Waals surface area contributed by atoms with Gasteiger partial charge in [-0.2, -0.15) is 0 Å². The van der Waals surface area contributed by atoms with Gasteiger partial charge in [0.2, 0.25) is 5.91 Å². The number of carbonyl (C=O) groups is 2. The lowest BCUT2D eigenvalue weighted by Gasteiger charge is -2.11. The summed E-state index contributed by atoms with van der Waals surface area (Å²) in [7, 11) is 0. The van der Waals surface area contributed by atoms with Crippen LogP contribution in [0, 0.1) is 0 Å². The van der Waals surface area contributed by atoms with Crippen LogP contribution >= 0.6 is 35.8 Å². The molecule has 8 heteroatoms. The van der Waals surface area contributed by atoms with E-state index in [-0.39, 0.29) is 24.2 Å². The molecular formula is C19H23Cl2N3O2S. The number of benzene rings is 2. The molecule has 0 aliphatic rings. The highest BCUT2D eigenvalue weighted by molar-refractivity contribution is 7.99. The van der Waals surface area contributed by atoms with Gasteiger partial charge in [-0.15, -0.1) is 24.2 Å². The Morgan fingerprint density at radius 2 is 1.78 bits per heavy atom. The number of para-hydroxylation sites is 1. The summed E-state index contributed by atoms with van der Waals surface area (Å²) in [5, 5.41) is 6.24. The van der Waals surface area contributed by atoms with E-state index < -0.39 is 0 Å². The number of thioether (sulfide) groups is 1. The van der Waals surface area contributed by atoms with Crippen molar-refractivity contribution in [3.05, 3.63) is 59.1 Å². The minimum Gasteiger partial charge on any atom is -0.351 e. The maximum absolute atomic E-state index is 12.2. The van der Waals surface area contributed by atoms with Crippen molar-refractivity contribution >= 4 is 53.3 Å². The molecule has 0 heterocycles. The fourth-order valence-corrected chi connectivity index (χ4v) is 3.22. The van der Waals surface area contributed by atoms with Gasteiger partial charge >= 0.3 is 0 Å². The second-order valence-corrected chi connectivity index (χ2v) is 7.15. The van der Waals surface area contributed by atoms with Gasteiger partial charge in [-0.25, -0.2) is 0 Å². The zero-order chi connectivity index (χ0) is 18.8. The van der Waals surface area contributed by atoms with Gasteiger partial charge < -0.3 is 16.4 Å². The Labute approximate surface area is 174 Å². The topological polar surface area (TPSA) is 84.2 Å². The molecule has 2 aromatic carbocycles. The molecule has 0 radical (unpaired) electrons. The summed E-state index contributed by atoms with van der Waals surface area (Å²) in [6.07, 6.45) is 1.13. The van der Waals surface area contributed by atoms with Gasteiger partial charge in [0.15, 0.2) is 0 Å². The molecule has 0 saturated carbocycles. The van der Waals surface area contributed by atoms with Crippen molar-refractivity contribution in [2.75, 3.05) is 24.2 Å². The molecule has 2 rings (SSSR count). The summed E-state index contributed by atoms with van der Waals surface area (Å²) in [6.45, 7) is 0.759. The number of nitrogens with one attached hydrogen (secondary N) is 2. The number of anilines is 1. The van der Waals surface area contributed by atoms with Crippen LogP contribution in [0.5, 0.6) is 0 Å². The fourth-order valence-electron chi connectivity index (χ4n) is 2.24. The summed E-state index contributed by atoms with van der Waals surface area (Å²) >= 11 is 7.54. The number of carbonyl (C=O) groups excluding carboxylic acids is 2. The largest absolute Gasteiger partial charge is 0.351 e. The van der Waals surface area contributed by atoms with Crippen LogP contribution in [0.1, 0.15) is 23.2 Å². The van der Waals surface area contributed by atoms with Crippen molar-refractivity contribution in [3.63, 3.8) is 0 Å². The SMILES string of the molecule is Cl.NCCNC(=O)c1ccccc1NC(=O)CCCSc1ccc(Cl)cc1.